The van der Waals surface area contributed by atoms with Crippen LogP contribution in [0.4, 0.5) is 0 Å². The molecular formula is C12H16ClNO. The molecule has 0 aromatic heterocycles. The van der Waals surface area contributed by atoms with Crippen molar-refractivity contribution in [1.29, 1.82) is 0 Å². The SMILES string of the molecule is CC1(O)CCNCC1c1ccc(Cl)cc1. The monoisotopic (exact) mass is 225 g/mol. The molecule has 1 saturated heterocycles. The summed E-state index contributed by atoms with van der Waals surface area (Å²) in [4.78, 5) is 0. The highest BCUT2D eigenvalue weighted by atomic mass is 35.5. The molecule has 1 fully saturated rings. The van der Waals surface area contributed by atoms with Gasteiger partial charge in [-0.2, -0.15) is 0 Å². The summed E-state index contributed by atoms with van der Waals surface area (Å²) in [5.41, 5.74) is 0.538. The summed E-state index contributed by atoms with van der Waals surface area (Å²) in [6.07, 6.45) is 0.792. The smallest absolute Gasteiger partial charge is 0.0712 e. The summed E-state index contributed by atoms with van der Waals surface area (Å²) in [6.45, 7) is 3.62. The summed E-state index contributed by atoms with van der Waals surface area (Å²) in [7, 11) is 0. The molecule has 2 rings (SSSR count). The summed E-state index contributed by atoms with van der Waals surface area (Å²) in [5.74, 6) is 0.156. The van der Waals surface area contributed by atoms with Crippen molar-refractivity contribution in [3.05, 3.63) is 34.9 Å². The minimum atomic E-state index is -0.612. The van der Waals surface area contributed by atoms with E-state index in [0.717, 1.165) is 30.1 Å². The molecule has 0 spiro atoms. The molecule has 0 radical (unpaired) electrons. The van der Waals surface area contributed by atoms with Crippen molar-refractivity contribution >= 4 is 11.6 Å². The van der Waals surface area contributed by atoms with E-state index in [1.165, 1.54) is 0 Å². The Labute approximate surface area is 95.3 Å². The second kappa shape index (κ2) is 4.12. The van der Waals surface area contributed by atoms with Crippen LogP contribution in [0.3, 0.4) is 0 Å². The number of hydrogen-bond donors (Lipinski definition) is 2. The molecule has 2 atom stereocenters. The molecule has 1 heterocycles. The van der Waals surface area contributed by atoms with Crippen LogP contribution >= 0.6 is 11.6 Å². The second-order valence-corrected chi connectivity index (χ2v) is 4.85. The van der Waals surface area contributed by atoms with Crippen molar-refractivity contribution in [3.8, 4) is 0 Å². The van der Waals surface area contributed by atoms with Gasteiger partial charge in [0.15, 0.2) is 0 Å². The molecule has 1 aliphatic heterocycles. The third kappa shape index (κ3) is 2.33. The van der Waals surface area contributed by atoms with Gasteiger partial charge in [-0.3, -0.25) is 0 Å². The molecule has 15 heavy (non-hydrogen) atoms. The highest BCUT2D eigenvalue weighted by Crippen LogP contribution is 2.33. The van der Waals surface area contributed by atoms with Crippen LogP contribution in [0, 0.1) is 0 Å². The number of rotatable bonds is 1. The highest BCUT2D eigenvalue weighted by Gasteiger charge is 2.35. The summed E-state index contributed by atoms with van der Waals surface area (Å²) >= 11 is 5.84. The Bertz CT molecular complexity index is 334. The average molecular weight is 226 g/mol. The fraction of sp³-hybridized carbons (Fsp3) is 0.500. The van der Waals surface area contributed by atoms with E-state index in [2.05, 4.69) is 5.32 Å². The van der Waals surface area contributed by atoms with Crippen LogP contribution in [-0.2, 0) is 0 Å². The first-order chi connectivity index (χ1) is 7.09. The summed E-state index contributed by atoms with van der Waals surface area (Å²) in [5, 5.41) is 14.3. The normalized spacial score (nSPS) is 31.5. The molecular weight excluding hydrogens is 210 g/mol. The van der Waals surface area contributed by atoms with Gasteiger partial charge in [0.1, 0.15) is 0 Å². The van der Waals surface area contributed by atoms with Crippen LogP contribution in [0.5, 0.6) is 0 Å². The van der Waals surface area contributed by atoms with Gasteiger partial charge in [-0.25, -0.2) is 0 Å². The van der Waals surface area contributed by atoms with Crippen LogP contribution in [0.2, 0.25) is 5.02 Å². The first-order valence-corrected chi connectivity index (χ1v) is 5.66. The molecule has 82 valence electrons. The van der Waals surface area contributed by atoms with Crippen molar-refractivity contribution in [3.63, 3.8) is 0 Å². The maximum atomic E-state index is 10.3. The Morgan fingerprint density at radius 1 is 1.40 bits per heavy atom. The number of piperidine rings is 1. The number of nitrogens with one attached hydrogen (secondary N) is 1. The molecule has 1 aromatic rings. The Balaban J connectivity index is 2.25. The van der Waals surface area contributed by atoms with Gasteiger partial charge in [0.2, 0.25) is 0 Å². The molecule has 0 amide bonds. The zero-order chi connectivity index (χ0) is 10.9. The lowest BCUT2D eigenvalue weighted by Gasteiger charge is -2.37. The van der Waals surface area contributed by atoms with Crippen molar-refractivity contribution in [2.24, 2.45) is 0 Å². The zero-order valence-electron chi connectivity index (χ0n) is 8.83. The lowest BCUT2D eigenvalue weighted by molar-refractivity contribution is 0.00783. The third-order valence-electron chi connectivity index (χ3n) is 3.18. The van der Waals surface area contributed by atoms with E-state index in [9.17, 15) is 5.11 Å². The van der Waals surface area contributed by atoms with Crippen LogP contribution < -0.4 is 5.32 Å². The Morgan fingerprint density at radius 3 is 2.67 bits per heavy atom. The quantitative estimate of drug-likeness (QED) is 0.768. The van der Waals surface area contributed by atoms with E-state index < -0.39 is 5.60 Å². The van der Waals surface area contributed by atoms with Gasteiger partial charge >= 0.3 is 0 Å². The molecule has 2 N–H and O–H groups in total. The minimum Gasteiger partial charge on any atom is -0.389 e. The van der Waals surface area contributed by atoms with Crippen molar-refractivity contribution < 1.29 is 5.11 Å². The third-order valence-corrected chi connectivity index (χ3v) is 3.43. The predicted molar refractivity (Wildman–Crippen MR) is 62.3 cm³/mol. The molecule has 0 saturated carbocycles. The molecule has 3 heteroatoms. The molecule has 2 nitrogen and oxygen atoms in total. The molecule has 0 bridgehead atoms. The molecule has 2 unspecified atom stereocenters. The Hall–Kier alpha value is -0.570. The van der Waals surface area contributed by atoms with Crippen LogP contribution in [0.1, 0.15) is 24.8 Å². The van der Waals surface area contributed by atoms with E-state index in [1.54, 1.807) is 0 Å². The van der Waals surface area contributed by atoms with Gasteiger partial charge in [-0.05, 0) is 37.6 Å². The number of benzene rings is 1. The zero-order valence-corrected chi connectivity index (χ0v) is 9.59. The number of hydrogen-bond acceptors (Lipinski definition) is 2. The fourth-order valence-electron chi connectivity index (χ4n) is 2.15. The first kappa shape index (κ1) is 10.9. The van der Waals surface area contributed by atoms with Gasteiger partial charge in [0.25, 0.3) is 0 Å². The maximum Gasteiger partial charge on any atom is 0.0712 e. The summed E-state index contributed by atoms with van der Waals surface area (Å²) < 4.78 is 0. The van der Waals surface area contributed by atoms with E-state index in [-0.39, 0.29) is 5.92 Å². The van der Waals surface area contributed by atoms with E-state index in [0.29, 0.717) is 0 Å². The first-order valence-electron chi connectivity index (χ1n) is 5.28. The standard InChI is InChI=1S/C12H16ClNO/c1-12(15)6-7-14-8-11(12)9-2-4-10(13)5-3-9/h2-5,11,14-15H,6-8H2,1H3. The minimum absolute atomic E-state index is 0.156. The summed E-state index contributed by atoms with van der Waals surface area (Å²) in [6, 6.07) is 7.74. The topological polar surface area (TPSA) is 32.3 Å². The predicted octanol–water partition coefficient (Wildman–Crippen LogP) is 2.17. The van der Waals surface area contributed by atoms with Crippen molar-refractivity contribution in [2.75, 3.05) is 13.1 Å². The lowest BCUT2D eigenvalue weighted by atomic mass is 9.79. The van der Waals surface area contributed by atoms with Crippen LogP contribution in [0.15, 0.2) is 24.3 Å². The van der Waals surface area contributed by atoms with Crippen LogP contribution in [0.25, 0.3) is 0 Å². The van der Waals surface area contributed by atoms with Gasteiger partial charge < -0.3 is 10.4 Å². The van der Waals surface area contributed by atoms with Gasteiger partial charge in [-0.1, -0.05) is 23.7 Å². The number of aliphatic hydroxyl groups is 1. The van der Waals surface area contributed by atoms with E-state index >= 15 is 0 Å². The Morgan fingerprint density at radius 2 is 2.07 bits per heavy atom. The molecule has 1 aliphatic rings. The fourth-order valence-corrected chi connectivity index (χ4v) is 2.28. The molecule has 1 aromatic carbocycles. The lowest BCUT2D eigenvalue weighted by Crippen LogP contribution is -2.46. The van der Waals surface area contributed by atoms with Crippen LogP contribution in [-0.4, -0.2) is 23.8 Å². The average Bonchev–Trinajstić information content (AvgIpc) is 2.19. The molecule has 0 aliphatic carbocycles. The number of halogens is 1. The van der Waals surface area contributed by atoms with E-state index in [1.807, 2.05) is 31.2 Å². The maximum absolute atomic E-state index is 10.3. The highest BCUT2D eigenvalue weighted by molar-refractivity contribution is 6.30. The second-order valence-electron chi connectivity index (χ2n) is 4.42. The van der Waals surface area contributed by atoms with Gasteiger partial charge in [-0.15, -0.1) is 0 Å². The van der Waals surface area contributed by atoms with Gasteiger partial charge in [0, 0.05) is 17.5 Å². The largest absolute Gasteiger partial charge is 0.389 e. The Kier molecular flexibility index (Phi) is 3.01. The van der Waals surface area contributed by atoms with Crippen molar-refractivity contribution in [2.45, 2.75) is 24.9 Å². The van der Waals surface area contributed by atoms with Crippen molar-refractivity contribution in [1.82, 2.24) is 5.32 Å². The van der Waals surface area contributed by atoms with Gasteiger partial charge in [0.05, 0.1) is 5.60 Å². The van der Waals surface area contributed by atoms with E-state index in [4.69, 9.17) is 11.6 Å².